The Balaban J connectivity index is 2.78. The molecule has 2 aliphatic rings. The summed E-state index contributed by atoms with van der Waals surface area (Å²) in [5, 5.41) is 21.7. The third-order valence-corrected chi connectivity index (χ3v) is 2.76. The molecular weight excluding hydrogens is 282 g/mol. The van der Waals surface area contributed by atoms with Crippen LogP contribution in [-0.2, 0) is 0 Å². The lowest BCUT2D eigenvalue weighted by Crippen LogP contribution is -2.03. The molecule has 0 bridgehead atoms. The molecule has 0 aliphatic carbocycles. The Morgan fingerprint density at radius 2 is 2.31 bits per heavy atom. The van der Waals surface area contributed by atoms with Gasteiger partial charge in [0, 0.05) is 5.56 Å². The molecule has 7 nitrogen and oxygen atoms in total. The van der Waals surface area contributed by atoms with Crippen LogP contribution < -0.4 is 4.74 Å². The Kier molecular flexibility index (Phi) is 2.43. The summed E-state index contributed by atoms with van der Waals surface area (Å²) >= 11 is 3.10. The van der Waals surface area contributed by atoms with Crippen molar-refractivity contribution in [1.82, 2.24) is 14.9 Å². The molecule has 0 unspecified atom stereocenters. The molecule has 0 spiro atoms. The molecule has 0 amide bonds. The first kappa shape index (κ1) is 10.7. The molecule has 0 radical (unpaired) electrons. The van der Waals surface area contributed by atoms with Crippen molar-refractivity contribution in [2.45, 2.75) is 0 Å². The van der Waals surface area contributed by atoms with E-state index in [1.807, 2.05) is 0 Å². The Hall–Kier alpha value is -1.83. The van der Waals surface area contributed by atoms with Crippen LogP contribution in [0.3, 0.4) is 0 Å². The molecule has 0 saturated carbocycles. The van der Waals surface area contributed by atoms with Crippen LogP contribution in [0.15, 0.2) is 10.7 Å². The summed E-state index contributed by atoms with van der Waals surface area (Å²) in [6.45, 7) is 0. The lowest BCUT2D eigenvalue weighted by Gasteiger charge is -2.05. The summed E-state index contributed by atoms with van der Waals surface area (Å²) in [5.74, 6) is -1.12. The van der Waals surface area contributed by atoms with Gasteiger partial charge in [-0.25, -0.2) is 9.78 Å². The normalized spacial score (nSPS) is 10.6. The average molecular weight is 288 g/mol. The molecule has 2 heterocycles. The minimum atomic E-state index is -1.17. The monoisotopic (exact) mass is 287 g/mol. The molecule has 0 aromatic heterocycles. The van der Waals surface area contributed by atoms with Gasteiger partial charge in [-0.15, -0.1) is 4.85 Å². The second-order valence-electron chi connectivity index (χ2n) is 2.90. The maximum absolute atomic E-state index is 10.9. The summed E-state index contributed by atoms with van der Waals surface area (Å²) < 4.78 is 5.16. The molecule has 2 rings (SSSR count). The van der Waals surface area contributed by atoms with E-state index in [1.165, 1.54) is 13.3 Å². The smallest absolute Gasteiger partial charge is 0.355 e. The topological polar surface area (TPSA) is 97.5 Å². The minimum Gasteiger partial charge on any atom is -0.478 e. The zero-order valence-corrected chi connectivity index (χ0v) is 9.59. The van der Waals surface area contributed by atoms with Crippen molar-refractivity contribution in [3.63, 3.8) is 0 Å². The van der Waals surface area contributed by atoms with Crippen molar-refractivity contribution >= 4 is 21.9 Å². The van der Waals surface area contributed by atoms with Crippen molar-refractivity contribution in [3.05, 3.63) is 16.4 Å². The summed E-state index contributed by atoms with van der Waals surface area (Å²) in [4.78, 5) is 15.3. The molecule has 0 atom stereocenters. The lowest BCUT2D eigenvalue weighted by molar-refractivity contribution is 0.0690. The highest BCUT2D eigenvalue weighted by Gasteiger charge is 2.25. The third-order valence-electron chi connectivity index (χ3n) is 1.96. The van der Waals surface area contributed by atoms with Crippen LogP contribution in [0.1, 0.15) is 10.5 Å². The number of ether oxygens (including phenoxy) is 1. The number of carboxylic acid groups (broad SMARTS) is 1. The molecule has 0 aromatic rings. The highest BCUT2D eigenvalue weighted by atomic mass is 79.9. The molecule has 2 N–H and O–H groups in total. The summed E-state index contributed by atoms with van der Waals surface area (Å²) in [6, 6.07) is 0. The molecule has 84 valence electrons. The maximum atomic E-state index is 10.9. The van der Waals surface area contributed by atoms with Crippen LogP contribution in [0, 0.1) is 0 Å². The quantitative estimate of drug-likeness (QED) is 0.803. The van der Waals surface area contributed by atoms with E-state index >= 15 is 0 Å². The Morgan fingerprint density at radius 1 is 1.62 bits per heavy atom. The predicted octanol–water partition coefficient (Wildman–Crippen LogP) is 1.09. The maximum Gasteiger partial charge on any atom is 0.355 e. The van der Waals surface area contributed by atoms with E-state index in [0.29, 0.717) is 10.4 Å². The fraction of sp³-hybridized carbons (Fsp3) is 0.125. The van der Waals surface area contributed by atoms with Gasteiger partial charge in [-0.3, -0.25) is 0 Å². The van der Waals surface area contributed by atoms with E-state index in [-0.39, 0.29) is 21.7 Å². The third kappa shape index (κ3) is 1.47. The van der Waals surface area contributed by atoms with E-state index in [2.05, 4.69) is 26.0 Å². The first-order chi connectivity index (χ1) is 7.54. The summed E-state index contributed by atoms with van der Waals surface area (Å²) in [5.41, 5.74) is 0.533. The van der Waals surface area contributed by atoms with Crippen molar-refractivity contribution in [3.8, 4) is 17.1 Å². The van der Waals surface area contributed by atoms with Gasteiger partial charge in [0.25, 0.3) is 5.88 Å². The molecule has 0 aromatic carbocycles. The number of carboxylic acids is 1. The van der Waals surface area contributed by atoms with Crippen molar-refractivity contribution in [2.75, 3.05) is 7.11 Å². The molecule has 8 heteroatoms. The zero-order chi connectivity index (χ0) is 11.9. The predicted molar refractivity (Wildman–Crippen MR) is 55.0 cm³/mol. The number of carbonyl (C=O) groups is 1. The Labute approximate surface area is 97.7 Å². The summed E-state index contributed by atoms with van der Waals surface area (Å²) in [6.07, 6.45) is 1.24. The van der Waals surface area contributed by atoms with Gasteiger partial charge in [0.05, 0.1) is 17.8 Å². The van der Waals surface area contributed by atoms with E-state index in [9.17, 15) is 10.0 Å². The van der Waals surface area contributed by atoms with Gasteiger partial charge in [-0.2, -0.15) is 0 Å². The van der Waals surface area contributed by atoms with Crippen molar-refractivity contribution in [2.24, 2.45) is 0 Å². The lowest BCUT2D eigenvalue weighted by atomic mass is 10.2. The summed E-state index contributed by atoms with van der Waals surface area (Å²) in [7, 11) is 1.35. The van der Waals surface area contributed by atoms with Crippen LogP contribution in [0.2, 0.25) is 0 Å². The standard InChI is InChI=1S/C8H6BrN3O4/c1-16-7-5-3(2-12(15)11-7)4(9)6(10-5)8(13)14/h2,15H,1H3,(H,13,14). The fourth-order valence-electron chi connectivity index (χ4n) is 1.30. The SMILES string of the molecule is COc1nn(O)cc2c(Br)c(C(=O)O)nc1-2. The van der Waals surface area contributed by atoms with E-state index in [0.717, 1.165) is 0 Å². The van der Waals surface area contributed by atoms with E-state index in [4.69, 9.17) is 9.84 Å². The molecule has 0 fully saturated rings. The van der Waals surface area contributed by atoms with Crippen LogP contribution in [-0.4, -0.2) is 38.3 Å². The van der Waals surface area contributed by atoms with Crippen molar-refractivity contribution < 1.29 is 19.8 Å². The van der Waals surface area contributed by atoms with Gasteiger partial charge in [-0.05, 0) is 15.9 Å². The number of hydrogen-bond donors (Lipinski definition) is 2. The number of rotatable bonds is 2. The van der Waals surface area contributed by atoms with E-state index < -0.39 is 5.97 Å². The largest absolute Gasteiger partial charge is 0.478 e. The number of hydrogen-bond acceptors (Lipinski definition) is 5. The molecule has 16 heavy (non-hydrogen) atoms. The minimum absolute atomic E-state index is 0.0493. The number of methoxy groups -OCH3 is 1. The van der Waals surface area contributed by atoms with Gasteiger partial charge in [0.15, 0.2) is 5.69 Å². The molecule has 2 aliphatic heterocycles. The van der Waals surface area contributed by atoms with Gasteiger partial charge >= 0.3 is 5.97 Å². The zero-order valence-electron chi connectivity index (χ0n) is 8.01. The van der Waals surface area contributed by atoms with Crippen LogP contribution in [0.25, 0.3) is 11.3 Å². The number of fused-ring (bicyclic) bond motifs is 1. The number of nitrogens with zero attached hydrogens (tertiary/aromatic N) is 3. The van der Waals surface area contributed by atoms with Crippen LogP contribution in [0.5, 0.6) is 5.88 Å². The number of aromatic nitrogens is 3. The Morgan fingerprint density at radius 3 is 2.88 bits per heavy atom. The van der Waals surface area contributed by atoms with Gasteiger partial charge in [-0.1, -0.05) is 5.10 Å². The van der Waals surface area contributed by atoms with Crippen molar-refractivity contribution in [1.29, 1.82) is 0 Å². The second kappa shape index (κ2) is 3.63. The van der Waals surface area contributed by atoms with E-state index in [1.54, 1.807) is 0 Å². The number of aromatic carboxylic acids is 1. The molecule has 0 saturated heterocycles. The second-order valence-corrected chi connectivity index (χ2v) is 3.69. The highest BCUT2D eigenvalue weighted by molar-refractivity contribution is 9.10. The number of halogens is 1. The Bertz CT molecular complexity index is 539. The first-order valence-corrected chi connectivity index (χ1v) is 4.89. The van der Waals surface area contributed by atoms with Gasteiger partial charge < -0.3 is 15.1 Å². The fourth-order valence-corrected chi connectivity index (χ4v) is 1.85. The first-order valence-electron chi connectivity index (χ1n) is 4.10. The molecular formula is C8H6BrN3O4. The van der Waals surface area contributed by atoms with Crippen LogP contribution >= 0.6 is 15.9 Å². The van der Waals surface area contributed by atoms with Gasteiger partial charge in [0.1, 0.15) is 5.69 Å². The average Bonchev–Trinajstić information content (AvgIpc) is 2.55. The van der Waals surface area contributed by atoms with Gasteiger partial charge in [0.2, 0.25) is 0 Å². The van der Waals surface area contributed by atoms with Crippen LogP contribution in [0.4, 0.5) is 0 Å². The highest BCUT2D eigenvalue weighted by Crippen LogP contribution is 2.37.